The summed E-state index contributed by atoms with van der Waals surface area (Å²) in [5.41, 5.74) is 7.16. The maximum atomic E-state index is 8.78. The number of aryl methyl sites for hydroxylation is 2. The Morgan fingerprint density at radius 2 is 1.62 bits per heavy atom. The zero-order valence-corrected chi connectivity index (χ0v) is 7.36. The second kappa shape index (κ2) is 4.50. The molecule has 1 amide bonds. The van der Waals surface area contributed by atoms with Crippen molar-refractivity contribution in [3.05, 3.63) is 35.4 Å². The van der Waals surface area contributed by atoms with Crippen molar-refractivity contribution in [1.82, 2.24) is 0 Å². The summed E-state index contributed by atoms with van der Waals surface area (Å²) < 4.78 is 0. The first-order valence-corrected chi connectivity index (χ1v) is 4.25. The summed E-state index contributed by atoms with van der Waals surface area (Å²) in [5, 5.41) is 7.19. The largest absolute Gasteiger partial charge is 0.465 e. The van der Waals surface area contributed by atoms with E-state index in [1.165, 1.54) is 19.3 Å². The molecule has 0 aromatic heterocycles. The number of amides is 1. The summed E-state index contributed by atoms with van der Waals surface area (Å²) in [7, 11) is 0. The third-order valence-electron chi connectivity index (χ3n) is 2.01. The minimum absolute atomic E-state index is 1.30. The van der Waals surface area contributed by atoms with Crippen LogP contribution in [0.2, 0.25) is 0 Å². The average molecular weight is 179 g/mol. The van der Waals surface area contributed by atoms with Gasteiger partial charge in [0.15, 0.2) is 0 Å². The Labute approximate surface area is 77.2 Å². The molecule has 2 rings (SSSR count). The van der Waals surface area contributed by atoms with Gasteiger partial charge in [0.25, 0.3) is 0 Å². The van der Waals surface area contributed by atoms with Gasteiger partial charge in [0.1, 0.15) is 0 Å². The predicted octanol–water partition coefficient (Wildman–Crippen LogP) is 1.80. The van der Waals surface area contributed by atoms with E-state index in [0.29, 0.717) is 0 Å². The minimum atomic E-state index is -1.33. The second-order valence-electron chi connectivity index (χ2n) is 2.96. The highest BCUT2D eigenvalue weighted by Crippen LogP contribution is 2.20. The van der Waals surface area contributed by atoms with Crippen molar-refractivity contribution in [3.8, 4) is 0 Å². The minimum Gasteiger partial charge on any atom is -0.465 e. The first-order valence-electron chi connectivity index (χ1n) is 4.25. The Bertz CT molecular complexity index is 270. The molecule has 0 saturated heterocycles. The maximum Gasteiger partial charge on any atom is 0.402 e. The summed E-state index contributed by atoms with van der Waals surface area (Å²) in [6, 6.07) is 8.74. The SMILES string of the molecule is NC(=O)O.c1ccc2c(c1)CCC2. The summed E-state index contributed by atoms with van der Waals surface area (Å²) in [5.74, 6) is 0. The third-order valence-corrected chi connectivity index (χ3v) is 2.01. The Morgan fingerprint density at radius 3 is 2.00 bits per heavy atom. The molecule has 0 atom stereocenters. The van der Waals surface area contributed by atoms with E-state index < -0.39 is 6.09 Å². The molecule has 1 aliphatic carbocycles. The lowest BCUT2D eigenvalue weighted by Gasteiger charge is -1.93. The molecular weight excluding hydrogens is 166 g/mol. The van der Waals surface area contributed by atoms with E-state index in [2.05, 4.69) is 30.0 Å². The fraction of sp³-hybridized carbons (Fsp3) is 0.300. The number of nitrogens with two attached hydrogens (primary N) is 1. The Hall–Kier alpha value is -1.51. The van der Waals surface area contributed by atoms with E-state index in [1.807, 2.05) is 0 Å². The van der Waals surface area contributed by atoms with Crippen molar-refractivity contribution in [2.24, 2.45) is 5.73 Å². The van der Waals surface area contributed by atoms with Gasteiger partial charge in [-0.2, -0.15) is 0 Å². The van der Waals surface area contributed by atoms with Gasteiger partial charge in [-0.15, -0.1) is 0 Å². The molecule has 0 heterocycles. The normalized spacial score (nSPS) is 12.6. The fourth-order valence-electron chi connectivity index (χ4n) is 1.51. The molecule has 1 aromatic carbocycles. The van der Waals surface area contributed by atoms with Gasteiger partial charge in [0.2, 0.25) is 0 Å². The standard InChI is InChI=1S/C9H10.CH3NO2/c1-2-5-9-7-3-6-8(9)4-1;2-1(3)4/h1-2,4-5H,3,6-7H2;2H2,(H,3,4). The Kier molecular flexibility index (Phi) is 3.31. The molecule has 0 bridgehead atoms. The predicted molar refractivity (Wildman–Crippen MR) is 50.7 cm³/mol. The number of hydrogen-bond donors (Lipinski definition) is 2. The van der Waals surface area contributed by atoms with Crippen molar-refractivity contribution in [1.29, 1.82) is 0 Å². The highest BCUT2D eigenvalue weighted by Gasteiger charge is 2.07. The van der Waals surface area contributed by atoms with E-state index in [4.69, 9.17) is 9.90 Å². The van der Waals surface area contributed by atoms with Gasteiger partial charge in [-0.25, -0.2) is 4.79 Å². The lowest BCUT2D eigenvalue weighted by Crippen LogP contribution is -2.03. The number of benzene rings is 1. The van der Waals surface area contributed by atoms with E-state index in [-0.39, 0.29) is 0 Å². The molecule has 70 valence electrons. The van der Waals surface area contributed by atoms with Gasteiger partial charge in [-0.1, -0.05) is 24.3 Å². The summed E-state index contributed by atoms with van der Waals surface area (Å²) >= 11 is 0. The zero-order valence-electron chi connectivity index (χ0n) is 7.36. The molecule has 3 nitrogen and oxygen atoms in total. The van der Waals surface area contributed by atoms with E-state index in [0.717, 1.165) is 0 Å². The first-order chi connectivity index (χ1) is 6.20. The van der Waals surface area contributed by atoms with Crippen molar-refractivity contribution in [3.63, 3.8) is 0 Å². The van der Waals surface area contributed by atoms with Crippen LogP contribution in [0.5, 0.6) is 0 Å². The summed E-state index contributed by atoms with van der Waals surface area (Å²) in [4.78, 5) is 8.78. The van der Waals surface area contributed by atoms with Gasteiger partial charge >= 0.3 is 6.09 Å². The van der Waals surface area contributed by atoms with Gasteiger partial charge < -0.3 is 10.8 Å². The van der Waals surface area contributed by atoms with Crippen LogP contribution < -0.4 is 5.73 Å². The summed E-state index contributed by atoms with van der Waals surface area (Å²) in [6.07, 6.45) is 2.63. The molecule has 0 radical (unpaired) electrons. The van der Waals surface area contributed by atoms with Crippen LogP contribution in [0.3, 0.4) is 0 Å². The summed E-state index contributed by atoms with van der Waals surface area (Å²) in [6.45, 7) is 0. The van der Waals surface area contributed by atoms with Gasteiger partial charge in [0, 0.05) is 0 Å². The van der Waals surface area contributed by atoms with Crippen LogP contribution in [0.25, 0.3) is 0 Å². The zero-order chi connectivity index (χ0) is 9.68. The molecule has 1 aromatic rings. The van der Waals surface area contributed by atoms with Crippen molar-refractivity contribution in [2.75, 3.05) is 0 Å². The second-order valence-corrected chi connectivity index (χ2v) is 2.96. The molecule has 0 aliphatic heterocycles. The molecule has 0 saturated carbocycles. The number of fused-ring (bicyclic) bond motifs is 1. The van der Waals surface area contributed by atoms with E-state index >= 15 is 0 Å². The van der Waals surface area contributed by atoms with Gasteiger partial charge in [0.05, 0.1) is 0 Å². The van der Waals surface area contributed by atoms with E-state index in [1.54, 1.807) is 11.1 Å². The number of carboxylic acid groups (broad SMARTS) is 1. The van der Waals surface area contributed by atoms with Gasteiger partial charge in [-0.3, -0.25) is 0 Å². The van der Waals surface area contributed by atoms with Crippen molar-refractivity contribution >= 4 is 6.09 Å². The number of rotatable bonds is 0. The average Bonchev–Trinajstić information content (AvgIpc) is 2.49. The molecule has 13 heavy (non-hydrogen) atoms. The lowest BCUT2D eigenvalue weighted by molar-refractivity contribution is 0.205. The third kappa shape index (κ3) is 3.15. The molecular formula is C10H13NO2. The number of hydrogen-bond acceptors (Lipinski definition) is 1. The lowest BCUT2D eigenvalue weighted by atomic mass is 10.1. The van der Waals surface area contributed by atoms with Crippen molar-refractivity contribution < 1.29 is 9.90 Å². The molecule has 3 heteroatoms. The van der Waals surface area contributed by atoms with Crippen LogP contribution in [0.4, 0.5) is 4.79 Å². The Balaban J connectivity index is 0.000000184. The van der Waals surface area contributed by atoms with E-state index in [9.17, 15) is 0 Å². The molecule has 0 unspecified atom stereocenters. The maximum absolute atomic E-state index is 8.78. The van der Waals surface area contributed by atoms with Crippen LogP contribution >= 0.6 is 0 Å². The van der Waals surface area contributed by atoms with Crippen LogP contribution in [0, 0.1) is 0 Å². The first kappa shape index (κ1) is 9.58. The smallest absolute Gasteiger partial charge is 0.402 e. The topological polar surface area (TPSA) is 63.3 Å². The number of primary amides is 1. The molecule has 3 N–H and O–H groups in total. The number of carbonyl (C=O) groups is 1. The molecule has 1 aliphatic rings. The van der Waals surface area contributed by atoms with Crippen LogP contribution in [0.1, 0.15) is 17.5 Å². The monoisotopic (exact) mass is 179 g/mol. The quantitative estimate of drug-likeness (QED) is 0.637. The highest BCUT2D eigenvalue weighted by atomic mass is 16.4. The highest BCUT2D eigenvalue weighted by molar-refractivity contribution is 5.61. The molecule has 0 spiro atoms. The van der Waals surface area contributed by atoms with Crippen molar-refractivity contribution in [2.45, 2.75) is 19.3 Å². The Morgan fingerprint density at radius 1 is 1.23 bits per heavy atom. The molecule has 0 fully saturated rings. The fourth-order valence-corrected chi connectivity index (χ4v) is 1.51. The van der Waals surface area contributed by atoms with Crippen LogP contribution in [0.15, 0.2) is 24.3 Å². The van der Waals surface area contributed by atoms with Crippen LogP contribution in [-0.4, -0.2) is 11.2 Å². The van der Waals surface area contributed by atoms with Gasteiger partial charge in [-0.05, 0) is 30.4 Å². The van der Waals surface area contributed by atoms with Crippen LogP contribution in [-0.2, 0) is 12.8 Å².